The summed E-state index contributed by atoms with van der Waals surface area (Å²) < 4.78 is 0. The number of rotatable bonds is 3. The molecule has 0 bridgehead atoms. The van der Waals surface area contributed by atoms with Gasteiger partial charge < -0.3 is 16.9 Å². The van der Waals surface area contributed by atoms with E-state index in [2.05, 4.69) is 15.7 Å². The average molecular weight is 289 g/mol. The van der Waals surface area contributed by atoms with Crippen LogP contribution in [0.3, 0.4) is 0 Å². The highest BCUT2D eigenvalue weighted by Gasteiger charge is 2.30. The molecular weight excluding hydrogens is 274 g/mol. The summed E-state index contributed by atoms with van der Waals surface area (Å²) in [5, 5.41) is 10.5. The number of hydrogen-bond acceptors (Lipinski definition) is 6. The summed E-state index contributed by atoms with van der Waals surface area (Å²) >= 11 is 0. The molecule has 21 heavy (non-hydrogen) atoms. The molecule has 9 nitrogen and oxygen atoms in total. The van der Waals surface area contributed by atoms with Crippen LogP contribution in [0.1, 0.15) is 22.8 Å². The van der Waals surface area contributed by atoms with Crippen molar-refractivity contribution in [3.63, 3.8) is 0 Å². The molecule has 2 amide bonds. The van der Waals surface area contributed by atoms with Crippen molar-refractivity contribution in [3.05, 3.63) is 41.1 Å². The van der Waals surface area contributed by atoms with Gasteiger partial charge in [-0.3, -0.25) is 14.6 Å². The van der Waals surface area contributed by atoms with E-state index in [-0.39, 0.29) is 11.9 Å². The van der Waals surface area contributed by atoms with E-state index >= 15 is 0 Å². The van der Waals surface area contributed by atoms with Crippen molar-refractivity contribution in [2.45, 2.75) is 13.1 Å². The van der Waals surface area contributed by atoms with Crippen LogP contribution in [0.4, 0.5) is 0 Å². The van der Waals surface area contributed by atoms with Crippen molar-refractivity contribution < 1.29 is 9.59 Å². The monoisotopic (exact) mass is 289 g/mol. The molecule has 1 aromatic rings. The summed E-state index contributed by atoms with van der Waals surface area (Å²) in [6.45, 7) is 1.79. The number of carbonyl (C=O) groups is 2. The topological polar surface area (TPSA) is 152 Å². The lowest BCUT2D eigenvalue weighted by Crippen LogP contribution is -2.42. The number of amides is 2. The predicted molar refractivity (Wildman–Crippen MR) is 74.6 cm³/mol. The standard InChI is InChI=1S/C12H15N7O2/c1-6-16-9(10(11(13)20)19(6)15)7-2-4-8(5-3-7)12(21)17-18-14/h2-6,16H,15H2,1H3,(H2,13,20)(H2,14,17,21). The maximum atomic E-state index is 11.5. The molecule has 0 saturated heterocycles. The van der Waals surface area contributed by atoms with E-state index in [9.17, 15) is 9.59 Å². The molecule has 1 aromatic carbocycles. The van der Waals surface area contributed by atoms with Gasteiger partial charge in [-0.1, -0.05) is 22.5 Å². The van der Waals surface area contributed by atoms with Gasteiger partial charge in [0.05, 0.1) is 5.70 Å². The van der Waals surface area contributed by atoms with E-state index in [0.717, 1.165) is 0 Å². The van der Waals surface area contributed by atoms with Crippen LogP contribution in [-0.4, -0.2) is 23.0 Å². The highest BCUT2D eigenvalue weighted by molar-refractivity contribution is 6.00. The van der Waals surface area contributed by atoms with E-state index in [1.54, 1.807) is 31.2 Å². The smallest absolute Gasteiger partial charge is 0.297 e. The first-order valence-electron chi connectivity index (χ1n) is 6.06. The Hall–Kier alpha value is -2.94. The lowest BCUT2D eigenvalue weighted by Gasteiger charge is -2.17. The molecule has 1 aliphatic rings. The maximum absolute atomic E-state index is 11.5. The van der Waals surface area contributed by atoms with Gasteiger partial charge in [0.25, 0.3) is 11.8 Å². The third-order valence-corrected chi connectivity index (χ3v) is 3.07. The number of nitrogens with one attached hydrogen (secondary N) is 1. The molecule has 9 heteroatoms. The van der Waals surface area contributed by atoms with Crippen LogP contribution in [-0.2, 0) is 4.79 Å². The molecule has 1 atom stereocenters. The zero-order valence-corrected chi connectivity index (χ0v) is 11.3. The Bertz CT molecular complexity index is 636. The fourth-order valence-corrected chi connectivity index (χ4v) is 2.03. The van der Waals surface area contributed by atoms with Gasteiger partial charge in [0, 0.05) is 11.1 Å². The van der Waals surface area contributed by atoms with Crippen molar-refractivity contribution >= 4 is 17.5 Å². The fraction of sp³-hybridized carbons (Fsp3) is 0.167. The third-order valence-electron chi connectivity index (χ3n) is 3.07. The molecule has 0 radical (unpaired) electrons. The Morgan fingerprint density at radius 2 is 1.90 bits per heavy atom. The van der Waals surface area contributed by atoms with Crippen LogP contribution < -0.4 is 22.7 Å². The molecule has 110 valence electrons. The van der Waals surface area contributed by atoms with Crippen LogP contribution in [0.25, 0.3) is 5.70 Å². The van der Waals surface area contributed by atoms with Gasteiger partial charge in [0.1, 0.15) is 11.9 Å². The van der Waals surface area contributed by atoms with Crippen molar-refractivity contribution in [2.75, 3.05) is 0 Å². The summed E-state index contributed by atoms with van der Waals surface area (Å²) in [5.41, 5.74) is 7.03. The Kier molecular flexibility index (Phi) is 3.85. The van der Waals surface area contributed by atoms with Gasteiger partial charge >= 0.3 is 0 Å². The van der Waals surface area contributed by atoms with Crippen molar-refractivity contribution in [1.82, 2.24) is 10.3 Å². The van der Waals surface area contributed by atoms with Gasteiger partial charge in [0.15, 0.2) is 0 Å². The fourth-order valence-electron chi connectivity index (χ4n) is 2.03. The summed E-state index contributed by atoms with van der Waals surface area (Å²) in [7, 11) is 0. The lowest BCUT2D eigenvalue weighted by molar-refractivity contribution is -0.116. The lowest BCUT2D eigenvalue weighted by atomic mass is 10.1. The molecule has 0 aliphatic carbocycles. The highest BCUT2D eigenvalue weighted by Crippen LogP contribution is 2.25. The minimum absolute atomic E-state index is 0.184. The maximum Gasteiger partial charge on any atom is 0.297 e. The molecule has 0 fully saturated rings. The Morgan fingerprint density at radius 1 is 1.29 bits per heavy atom. The number of carbonyl (C=O) groups excluding carboxylic acids is 2. The van der Waals surface area contributed by atoms with Crippen LogP contribution in [0.2, 0.25) is 0 Å². The van der Waals surface area contributed by atoms with Crippen molar-refractivity contribution in [3.8, 4) is 0 Å². The summed E-state index contributed by atoms with van der Waals surface area (Å²) in [6, 6.07) is 6.39. The Balaban J connectivity index is 2.38. The van der Waals surface area contributed by atoms with Gasteiger partial charge in [-0.2, -0.15) is 0 Å². The molecule has 0 spiro atoms. The zero-order chi connectivity index (χ0) is 15.6. The number of nitrogens with zero attached hydrogens (tertiary/aromatic N) is 3. The third kappa shape index (κ3) is 2.67. The first-order valence-corrected chi connectivity index (χ1v) is 6.06. The minimum Gasteiger partial charge on any atom is -0.364 e. The molecule has 1 heterocycles. The number of hydrogen-bond donors (Lipinski definition) is 4. The number of hydrazine groups is 1. The predicted octanol–water partition coefficient (Wildman–Crippen LogP) is -0.568. The number of benzene rings is 1. The normalized spacial score (nSPS) is 18.2. The van der Waals surface area contributed by atoms with Crippen LogP contribution in [0, 0.1) is 0 Å². The zero-order valence-electron chi connectivity index (χ0n) is 11.3. The molecule has 1 aliphatic heterocycles. The number of primary amides is 1. The van der Waals surface area contributed by atoms with E-state index in [1.807, 2.05) is 0 Å². The molecule has 1 unspecified atom stereocenters. The van der Waals surface area contributed by atoms with E-state index < -0.39 is 11.8 Å². The highest BCUT2D eigenvalue weighted by atomic mass is 16.2. The molecule has 0 aromatic heterocycles. The summed E-state index contributed by atoms with van der Waals surface area (Å²) in [4.78, 5) is 23.0. The summed E-state index contributed by atoms with van der Waals surface area (Å²) in [5.74, 6) is 9.42. The van der Waals surface area contributed by atoms with Crippen LogP contribution in [0.5, 0.6) is 0 Å². The summed E-state index contributed by atoms with van der Waals surface area (Å²) in [6.07, 6.45) is -0.269. The van der Waals surface area contributed by atoms with Gasteiger partial charge in [0.2, 0.25) is 0 Å². The average Bonchev–Trinajstić information content (AvgIpc) is 2.75. The molecular formula is C12H15N7O2. The molecule has 2 rings (SSSR count). The number of nitrogens with two attached hydrogens (primary N) is 3. The second-order valence-electron chi connectivity index (χ2n) is 4.41. The van der Waals surface area contributed by atoms with Crippen LogP contribution >= 0.6 is 0 Å². The van der Waals surface area contributed by atoms with Crippen LogP contribution in [0.15, 0.2) is 40.3 Å². The quantitative estimate of drug-likeness (QED) is 0.332. The van der Waals surface area contributed by atoms with Crippen molar-refractivity contribution in [2.24, 2.45) is 27.8 Å². The minimum atomic E-state index is -0.638. The van der Waals surface area contributed by atoms with E-state index in [4.69, 9.17) is 17.4 Å². The Labute approximate surface area is 120 Å². The van der Waals surface area contributed by atoms with E-state index in [0.29, 0.717) is 16.8 Å². The van der Waals surface area contributed by atoms with Gasteiger partial charge in [-0.15, -0.1) is 0 Å². The van der Waals surface area contributed by atoms with Gasteiger partial charge in [-0.05, 0) is 19.1 Å². The second-order valence-corrected chi connectivity index (χ2v) is 4.41. The second kappa shape index (κ2) is 5.59. The first kappa shape index (κ1) is 14.5. The largest absolute Gasteiger partial charge is 0.364 e. The Morgan fingerprint density at radius 3 is 2.43 bits per heavy atom. The van der Waals surface area contributed by atoms with Crippen molar-refractivity contribution in [1.29, 1.82) is 0 Å². The molecule has 7 N–H and O–H groups in total. The van der Waals surface area contributed by atoms with Gasteiger partial charge in [-0.25, -0.2) is 5.84 Å². The SMILES string of the molecule is CC1NC(c2ccc(C(=O)N=NN)cc2)=C(C(N)=O)N1N. The first-order chi connectivity index (χ1) is 9.95. The molecule has 0 saturated carbocycles. The van der Waals surface area contributed by atoms with E-state index in [1.165, 1.54) is 5.01 Å².